The molecule has 0 amide bonds. The Morgan fingerprint density at radius 3 is 2.28 bits per heavy atom. The lowest BCUT2D eigenvalue weighted by Crippen LogP contribution is -2.09. The molecule has 3 aromatic rings. The van der Waals surface area contributed by atoms with Crippen LogP contribution < -0.4 is 18.9 Å². The molecule has 7 nitrogen and oxygen atoms in total. The van der Waals surface area contributed by atoms with Crippen LogP contribution in [0.5, 0.6) is 23.0 Å². The topological polar surface area (TPSA) is 71.8 Å². The molecule has 0 saturated carbocycles. The lowest BCUT2D eigenvalue weighted by molar-refractivity contribution is 0.0734. The van der Waals surface area contributed by atoms with E-state index in [-0.39, 0.29) is 5.56 Å². The molecule has 0 aliphatic rings. The van der Waals surface area contributed by atoms with Crippen LogP contribution in [0.1, 0.15) is 10.4 Å². The molecule has 0 radical (unpaired) electrons. The number of imidazole rings is 1. The van der Waals surface area contributed by atoms with E-state index in [1.165, 1.54) is 21.3 Å². The molecule has 0 N–H and O–H groups in total. The second-order valence-corrected chi connectivity index (χ2v) is 5.31. The number of rotatable bonds is 5. The zero-order chi connectivity index (χ0) is 18.0. The molecule has 0 unspecified atom stereocenters. The third-order valence-electron chi connectivity index (χ3n) is 3.81. The molecule has 2 aromatic carbocycles. The highest BCUT2D eigenvalue weighted by Crippen LogP contribution is 2.38. The predicted molar refractivity (Wildman–Crippen MR) is 91.8 cm³/mol. The van der Waals surface area contributed by atoms with Crippen molar-refractivity contribution in [3.63, 3.8) is 0 Å². The quantitative estimate of drug-likeness (QED) is 0.524. The van der Waals surface area contributed by atoms with Crippen LogP contribution in [-0.4, -0.2) is 36.8 Å². The summed E-state index contributed by atoms with van der Waals surface area (Å²) in [7, 11) is 6.38. The maximum atomic E-state index is 12.5. The Balaban J connectivity index is 1.91. The molecular weight excluding hydrogens is 324 g/mol. The van der Waals surface area contributed by atoms with E-state index in [1.807, 2.05) is 17.7 Å². The Hall–Kier alpha value is -3.22. The summed E-state index contributed by atoms with van der Waals surface area (Å²) in [6.07, 6.45) is 1.70. The molecule has 0 aliphatic carbocycles. The van der Waals surface area contributed by atoms with Crippen LogP contribution in [0.2, 0.25) is 0 Å². The molecule has 130 valence electrons. The standard InChI is InChI=1S/C18H18N2O5/c1-20-10-19-13-9-12(5-6-14(13)20)25-18(21)11-7-15(22-2)17(24-4)16(8-11)23-3/h5-10H,1-4H3. The number of hydrogen-bond acceptors (Lipinski definition) is 6. The van der Waals surface area contributed by atoms with E-state index in [4.69, 9.17) is 18.9 Å². The minimum atomic E-state index is -0.533. The molecule has 0 fully saturated rings. The van der Waals surface area contributed by atoms with Gasteiger partial charge in [0.1, 0.15) is 5.75 Å². The Labute approximate surface area is 144 Å². The SMILES string of the molecule is COc1cc(C(=O)Oc2ccc3c(c2)ncn3C)cc(OC)c1OC. The summed E-state index contributed by atoms with van der Waals surface area (Å²) in [5, 5.41) is 0. The van der Waals surface area contributed by atoms with E-state index in [9.17, 15) is 4.79 Å². The molecule has 7 heteroatoms. The van der Waals surface area contributed by atoms with Crippen molar-refractivity contribution in [3.8, 4) is 23.0 Å². The van der Waals surface area contributed by atoms with Crippen LogP contribution in [-0.2, 0) is 7.05 Å². The minimum absolute atomic E-state index is 0.288. The number of ether oxygens (including phenoxy) is 4. The molecule has 0 bridgehead atoms. The predicted octanol–water partition coefficient (Wildman–Crippen LogP) is 2.82. The van der Waals surface area contributed by atoms with Crippen molar-refractivity contribution in [3.05, 3.63) is 42.2 Å². The lowest BCUT2D eigenvalue weighted by Gasteiger charge is -2.13. The molecule has 3 rings (SSSR count). The average Bonchev–Trinajstić information content (AvgIpc) is 3.00. The summed E-state index contributed by atoms with van der Waals surface area (Å²) < 4.78 is 23.1. The van der Waals surface area contributed by atoms with Crippen molar-refractivity contribution in [2.75, 3.05) is 21.3 Å². The van der Waals surface area contributed by atoms with Gasteiger partial charge in [-0.2, -0.15) is 0 Å². The number of aromatic nitrogens is 2. The van der Waals surface area contributed by atoms with Crippen LogP contribution in [0.3, 0.4) is 0 Å². The van der Waals surface area contributed by atoms with Gasteiger partial charge in [0, 0.05) is 13.1 Å². The fraction of sp³-hybridized carbons (Fsp3) is 0.222. The van der Waals surface area contributed by atoms with Crippen molar-refractivity contribution < 1.29 is 23.7 Å². The number of benzene rings is 2. The zero-order valence-electron chi connectivity index (χ0n) is 14.4. The van der Waals surface area contributed by atoms with Gasteiger partial charge in [-0.3, -0.25) is 0 Å². The molecule has 1 heterocycles. The second-order valence-electron chi connectivity index (χ2n) is 5.31. The van der Waals surface area contributed by atoms with Crippen LogP contribution in [0.4, 0.5) is 0 Å². The van der Waals surface area contributed by atoms with Crippen LogP contribution in [0.25, 0.3) is 11.0 Å². The first-order valence-electron chi connectivity index (χ1n) is 7.50. The van der Waals surface area contributed by atoms with Gasteiger partial charge in [0.05, 0.1) is 44.3 Å². The molecule has 0 spiro atoms. The number of hydrogen-bond donors (Lipinski definition) is 0. The van der Waals surface area contributed by atoms with Gasteiger partial charge < -0.3 is 23.5 Å². The van der Waals surface area contributed by atoms with Gasteiger partial charge in [-0.25, -0.2) is 9.78 Å². The van der Waals surface area contributed by atoms with E-state index in [0.29, 0.717) is 23.0 Å². The van der Waals surface area contributed by atoms with Crippen molar-refractivity contribution in [2.45, 2.75) is 0 Å². The molecule has 0 aliphatic heterocycles. The molecule has 25 heavy (non-hydrogen) atoms. The smallest absolute Gasteiger partial charge is 0.343 e. The van der Waals surface area contributed by atoms with Gasteiger partial charge in [-0.05, 0) is 24.3 Å². The molecule has 1 aromatic heterocycles. The highest BCUT2D eigenvalue weighted by Gasteiger charge is 2.18. The van der Waals surface area contributed by atoms with Crippen molar-refractivity contribution in [1.29, 1.82) is 0 Å². The molecular formula is C18H18N2O5. The van der Waals surface area contributed by atoms with E-state index >= 15 is 0 Å². The van der Waals surface area contributed by atoms with Crippen molar-refractivity contribution >= 4 is 17.0 Å². The number of aryl methyl sites for hydroxylation is 1. The summed E-state index contributed by atoms with van der Waals surface area (Å²) in [6.45, 7) is 0. The van der Waals surface area contributed by atoms with Crippen molar-refractivity contribution in [2.24, 2.45) is 7.05 Å². The van der Waals surface area contributed by atoms with E-state index in [0.717, 1.165) is 11.0 Å². The van der Waals surface area contributed by atoms with Gasteiger partial charge in [-0.1, -0.05) is 0 Å². The number of nitrogens with zero attached hydrogens (tertiary/aromatic N) is 2. The summed E-state index contributed by atoms with van der Waals surface area (Å²) in [4.78, 5) is 16.7. The zero-order valence-corrected chi connectivity index (χ0v) is 14.4. The Morgan fingerprint density at radius 2 is 1.68 bits per heavy atom. The summed E-state index contributed by atoms with van der Waals surface area (Å²) in [5.41, 5.74) is 1.99. The second kappa shape index (κ2) is 6.72. The molecule has 0 saturated heterocycles. The highest BCUT2D eigenvalue weighted by atomic mass is 16.5. The third kappa shape index (κ3) is 3.08. The van der Waals surface area contributed by atoms with Crippen molar-refractivity contribution in [1.82, 2.24) is 9.55 Å². The van der Waals surface area contributed by atoms with Gasteiger partial charge in [0.15, 0.2) is 11.5 Å². The number of carbonyl (C=O) groups is 1. The maximum Gasteiger partial charge on any atom is 0.343 e. The summed E-state index contributed by atoms with van der Waals surface area (Å²) in [6, 6.07) is 8.37. The first-order chi connectivity index (χ1) is 12.1. The van der Waals surface area contributed by atoms with E-state index < -0.39 is 5.97 Å². The third-order valence-corrected chi connectivity index (χ3v) is 3.81. The number of esters is 1. The fourth-order valence-electron chi connectivity index (χ4n) is 2.54. The first kappa shape index (κ1) is 16.6. The Kier molecular flexibility index (Phi) is 4.47. The lowest BCUT2D eigenvalue weighted by atomic mass is 10.2. The van der Waals surface area contributed by atoms with Crippen LogP contribution in [0.15, 0.2) is 36.7 Å². The van der Waals surface area contributed by atoms with Gasteiger partial charge in [0.2, 0.25) is 5.75 Å². The summed E-state index contributed by atoms with van der Waals surface area (Å²) >= 11 is 0. The normalized spacial score (nSPS) is 10.6. The average molecular weight is 342 g/mol. The Bertz CT molecular complexity index is 907. The minimum Gasteiger partial charge on any atom is -0.493 e. The van der Waals surface area contributed by atoms with Crippen LogP contribution in [0, 0.1) is 0 Å². The fourth-order valence-corrected chi connectivity index (χ4v) is 2.54. The maximum absolute atomic E-state index is 12.5. The van der Waals surface area contributed by atoms with E-state index in [1.54, 1.807) is 30.6 Å². The first-order valence-corrected chi connectivity index (χ1v) is 7.50. The van der Waals surface area contributed by atoms with E-state index in [2.05, 4.69) is 4.98 Å². The number of methoxy groups -OCH3 is 3. The van der Waals surface area contributed by atoms with Gasteiger partial charge in [-0.15, -0.1) is 0 Å². The monoisotopic (exact) mass is 342 g/mol. The number of fused-ring (bicyclic) bond motifs is 1. The highest BCUT2D eigenvalue weighted by molar-refractivity contribution is 5.93. The Morgan fingerprint density at radius 1 is 1.00 bits per heavy atom. The number of carbonyl (C=O) groups excluding carboxylic acids is 1. The van der Waals surface area contributed by atoms with Crippen LogP contribution >= 0.6 is 0 Å². The largest absolute Gasteiger partial charge is 0.493 e. The van der Waals surface area contributed by atoms with Gasteiger partial charge in [0.25, 0.3) is 0 Å². The molecule has 0 atom stereocenters. The van der Waals surface area contributed by atoms with Gasteiger partial charge >= 0.3 is 5.97 Å². The summed E-state index contributed by atoms with van der Waals surface area (Å²) in [5.74, 6) is 1.05.